The Morgan fingerprint density at radius 1 is 0.973 bits per heavy atom. The normalized spacial score (nSPS) is 21.0. The largest absolute Gasteiger partial charge is 0.453 e. The fourth-order valence-corrected chi connectivity index (χ4v) is 4.74. The molecule has 0 bridgehead atoms. The molecule has 1 saturated heterocycles. The molecule has 0 spiro atoms. The van der Waals surface area contributed by atoms with E-state index in [1.165, 1.54) is 0 Å². The molecule has 0 radical (unpaired) electrons. The van der Waals surface area contributed by atoms with E-state index in [9.17, 15) is 9.59 Å². The van der Waals surface area contributed by atoms with Crippen LogP contribution in [0, 0.1) is 0 Å². The van der Waals surface area contributed by atoms with E-state index in [-0.39, 0.29) is 6.61 Å². The summed E-state index contributed by atoms with van der Waals surface area (Å²) in [6.07, 6.45) is 0.171. The number of esters is 1. The van der Waals surface area contributed by atoms with Crippen molar-refractivity contribution in [1.82, 2.24) is 4.90 Å². The van der Waals surface area contributed by atoms with Crippen LogP contribution in [-0.2, 0) is 20.9 Å². The number of ether oxygens (including phenoxy) is 2. The Morgan fingerprint density at radius 2 is 1.57 bits per heavy atom. The highest BCUT2D eigenvalue weighted by atomic mass is 16.6. The van der Waals surface area contributed by atoms with Gasteiger partial charge < -0.3 is 9.47 Å². The van der Waals surface area contributed by atoms with E-state index in [1.807, 2.05) is 91.0 Å². The summed E-state index contributed by atoms with van der Waals surface area (Å²) in [5.74, 6) is -0.492. The quantitative estimate of drug-likeness (QED) is 0.105. The van der Waals surface area contributed by atoms with Crippen LogP contribution in [0.25, 0.3) is 10.4 Å². The lowest BCUT2D eigenvalue weighted by atomic mass is 9.84. The molecule has 4 rings (SSSR count). The van der Waals surface area contributed by atoms with Crippen LogP contribution in [0.4, 0.5) is 4.79 Å². The van der Waals surface area contributed by atoms with Gasteiger partial charge in [-0.05, 0) is 42.0 Å². The Morgan fingerprint density at radius 3 is 2.19 bits per heavy atom. The van der Waals surface area contributed by atoms with Gasteiger partial charge in [0.25, 0.3) is 0 Å². The summed E-state index contributed by atoms with van der Waals surface area (Å²) < 4.78 is 11.9. The number of hydrogen-bond donors (Lipinski definition) is 0. The minimum atomic E-state index is -1.28. The maximum absolute atomic E-state index is 13.9. The zero-order chi connectivity index (χ0) is 26.1. The molecule has 1 aliphatic rings. The number of cyclic esters (lactones) is 1. The van der Waals surface area contributed by atoms with Gasteiger partial charge >= 0.3 is 12.1 Å². The van der Waals surface area contributed by atoms with Gasteiger partial charge in [0.05, 0.1) is 0 Å². The highest BCUT2D eigenvalue weighted by Gasteiger charge is 2.55. The SMILES string of the molecule is C[C@]1(CCCCN=[N+]=[N-])C(=O)O[C@H](c2ccccc2)[C@H](c2ccccc2)N1C(=O)OCc1ccccc1. The van der Waals surface area contributed by atoms with Gasteiger partial charge in [0.2, 0.25) is 0 Å². The van der Waals surface area contributed by atoms with E-state index in [2.05, 4.69) is 10.0 Å². The molecular formula is C29H30N4O4. The smallest absolute Gasteiger partial charge is 0.411 e. The number of hydrogen-bond acceptors (Lipinski definition) is 5. The van der Waals surface area contributed by atoms with Crippen molar-refractivity contribution in [3.05, 3.63) is 118 Å². The molecule has 0 N–H and O–H groups in total. The fraction of sp³-hybridized carbons (Fsp3) is 0.310. The average molecular weight is 499 g/mol. The zero-order valence-corrected chi connectivity index (χ0v) is 20.8. The van der Waals surface area contributed by atoms with Crippen LogP contribution in [0.3, 0.4) is 0 Å². The third kappa shape index (κ3) is 5.93. The van der Waals surface area contributed by atoms with Gasteiger partial charge in [-0.15, -0.1) is 0 Å². The van der Waals surface area contributed by atoms with Gasteiger partial charge in [0.1, 0.15) is 18.2 Å². The molecule has 1 amide bonds. The lowest BCUT2D eigenvalue weighted by molar-refractivity contribution is -0.186. The monoisotopic (exact) mass is 498 g/mol. The number of benzene rings is 3. The lowest BCUT2D eigenvalue weighted by Gasteiger charge is -2.50. The summed E-state index contributed by atoms with van der Waals surface area (Å²) in [4.78, 5) is 31.8. The van der Waals surface area contributed by atoms with Crippen LogP contribution in [0.2, 0.25) is 0 Å². The van der Waals surface area contributed by atoms with Crippen molar-refractivity contribution in [3.63, 3.8) is 0 Å². The van der Waals surface area contributed by atoms with Crippen LogP contribution in [-0.4, -0.2) is 29.0 Å². The summed E-state index contributed by atoms with van der Waals surface area (Å²) in [5.41, 5.74) is 9.78. The molecule has 3 aromatic carbocycles. The van der Waals surface area contributed by atoms with Crippen molar-refractivity contribution in [2.75, 3.05) is 6.54 Å². The summed E-state index contributed by atoms with van der Waals surface area (Å²) in [5, 5.41) is 3.59. The molecule has 3 aromatic rings. The predicted molar refractivity (Wildman–Crippen MR) is 139 cm³/mol. The topological polar surface area (TPSA) is 105 Å². The van der Waals surface area contributed by atoms with E-state index in [0.717, 1.165) is 16.7 Å². The molecule has 0 aromatic heterocycles. The molecule has 0 saturated carbocycles. The first kappa shape index (κ1) is 25.8. The Kier molecular flexibility index (Phi) is 8.44. The third-order valence-electron chi connectivity index (χ3n) is 6.68. The summed E-state index contributed by atoms with van der Waals surface area (Å²) >= 11 is 0. The molecule has 8 nitrogen and oxygen atoms in total. The second-order valence-corrected chi connectivity index (χ2v) is 9.19. The number of azide groups is 1. The van der Waals surface area contributed by atoms with Crippen LogP contribution in [0.5, 0.6) is 0 Å². The van der Waals surface area contributed by atoms with E-state index < -0.39 is 29.7 Å². The third-order valence-corrected chi connectivity index (χ3v) is 6.68. The number of carbonyl (C=O) groups excluding carboxylic acids is 2. The van der Waals surface area contributed by atoms with Gasteiger partial charge in [-0.2, -0.15) is 0 Å². The molecule has 190 valence electrons. The summed E-state index contributed by atoms with van der Waals surface area (Å²) in [6, 6.07) is 27.8. The maximum Gasteiger partial charge on any atom is 0.411 e. The van der Waals surface area contributed by atoms with Crippen molar-refractivity contribution in [2.45, 2.75) is 50.5 Å². The number of carbonyl (C=O) groups is 2. The Balaban J connectivity index is 1.74. The van der Waals surface area contributed by atoms with Crippen molar-refractivity contribution < 1.29 is 19.1 Å². The van der Waals surface area contributed by atoms with Crippen LogP contribution in [0.1, 0.15) is 55.0 Å². The molecule has 0 aliphatic carbocycles. The average Bonchev–Trinajstić information content (AvgIpc) is 2.94. The molecule has 1 fully saturated rings. The first-order valence-electron chi connectivity index (χ1n) is 12.4. The molecule has 37 heavy (non-hydrogen) atoms. The van der Waals surface area contributed by atoms with Crippen molar-refractivity contribution >= 4 is 12.1 Å². The minimum absolute atomic E-state index is 0.0791. The first-order valence-corrected chi connectivity index (χ1v) is 12.4. The Hall–Kier alpha value is -4.29. The lowest BCUT2D eigenvalue weighted by Crippen LogP contribution is -2.62. The standard InChI is InChI=1S/C29H30N4O4/c1-29(19-11-12-20-31-32-30)27(34)37-26(24-17-9-4-10-18-24)25(23-15-7-3-8-16-23)33(29)28(35)36-21-22-13-5-2-6-14-22/h2-10,13-18,25-26H,11-12,19-21H2,1H3/t25-,26+,29-/m0/s1. The highest BCUT2D eigenvalue weighted by Crippen LogP contribution is 2.47. The van der Waals surface area contributed by atoms with E-state index in [1.54, 1.807) is 11.8 Å². The number of nitrogens with zero attached hydrogens (tertiary/aromatic N) is 4. The highest BCUT2D eigenvalue weighted by molar-refractivity contribution is 5.87. The van der Waals surface area contributed by atoms with Crippen molar-refractivity contribution in [3.8, 4) is 0 Å². The maximum atomic E-state index is 13.9. The van der Waals surface area contributed by atoms with Gasteiger partial charge in [-0.3, -0.25) is 4.90 Å². The summed E-state index contributed by atoms with van der Waals surface area (Å²) in [6.45, 7) is 2.12. The number of rotatable bonds is 9. The van der Waals surface area contributed by atoms with Gasteiger partial charge in [0, 0.05) is 11.5 Å². The van der Waals surface area contributed by atoms with Gasteiger partial charge in [-0.25, -0.2) is 9.59 Å². The molecule has 0 unspecified atom stereocenters. The second kappa shape index (κ2) is 12.1. The number of unbranched alkanes of at least 4 members (excludes halogenated alkanes) is 1. The Labute approximate surface area is 216 Å². The zero-order valence-electron chi connectivity index (χ0n) is 20.8. The first-order chi connectivity index (χ1) is 18.0. The molecule has 3 atom stereocenters. The molecule has 1 aliphatic heterocycles. The fourth-order valence-electron chi connectivity index (χ4n) is 4.74. The second-order valence-electron chi connectivity index (χ2n) is 9.19. The van der Waals surface area contributed by atoms with Crippen LogP contribution in [0.15, 0.2) is 96.1 Å². The predicted octanol–water partition coefficient (Wildman–Crippen LogP) is 6.90. The van der Waals surface area contributed by atoms with Crippen molar-refractivity contribution in [1.29, 1.82) is 0 Å². The van der Waals surface area contributed by atoms with E-state index in [4.69, 9.17) is 15.0 Å². The van der Waals surface area contributed by atoms with E-state index in [0.29, 0.717) is 25.8 Å². The molecule has 1 heterocycles. The number of amides is 1. The minimum Gasteiger partial charge on any atom is -0.453 e. The summed E-state index contributed by atoms with van der Waals surface area (Å²) in [7, 11) is 0. The van der Waals surface area contributed by atoms with Gasteiger partial charge in [-0.1, -0.05) is 103 Å². The molecular weight excluding hydrogens is 468 g/mol. The van der Waals surface area contributed by atoms with Crippen LogP contribution < -0.4 is 0 Å². The molecule has 8 heteroatoms. The van der Waals surface area contributed by atoms with Crippen LogP contribution >= 0.6 is 0 Å². The van der Waals surface area contributed by atoms with E-state index >= 15 is 0 Å². The Bertz CT molecular complexity index is 1230. The number of morpholine rings is 1. The van der Waals surface area contributed by atoms with Gasteiger partial charge in [0.15, 0.2) is 6.10 Å². The van der Waals surface area contributed by atoms with Crippen molar-refractivity contribution in [2.24, 2.45) is 5.11 Å².